The molecule has 2 N–H and O–H groups in total. The molecule has 1 rings (SSSR count). The van der Waals surface area contributed by atoms with Crippen LogP contribution in [0.1, 0.15) is 52.4 Å². The van der Waals surface area contributed by atoms with E-state index >= 15 is 0 Å². The fourth-order valence-corrected chi connectivity index (χ4v) is 2.80. The van der Waals surface area contributed by atoms with Gasteiger partial charge in [0, 0.05) is 32.1 Å². The van der Waals surface area contributed by atoms with Gasteiger partial charge in [-0.1, -0.05) is 20.3 Å². The van der Waals surface area contributed by atoms with E-state index in [1.54, 1.807) is 0 Å². The minimum absolute atomic E-state index is 0.214. The van der Waals surface area contributed by atoms with Gasteiger partial charge in [-0.3, -0.25) is 9.69 Å². The maximum Gasteiger partial charge on any atom is 0.224 e. The van der Waals surface area contributed by atoms with Crippen molar-refractivity contribution in [3.8, 4) is 0 Å². The van der Waals surface area contributed by atoms with Gasteiger partial charge in [0.05, 0.1) is 0 Å². The van der Waals surface area contributed by atoms with Gasteiger partial charge in [0.25, 0.3) is 0 Å². The van der Waals surface area contributed by atoms with Gasteiger partial charge in [-0.25, -0.2) is 0 Å². The van der Waals surface area contributed by atoms with Crippen LogP contribution in [0.4, 0.5) is 0 Å². The molecule has 1 atom stereocenters. The lowest BCUT2D eigenvalue weighted by Gasteiger charge is -2.33. The molecule has 112 valence electrons. The third kappa shape index (κ3) is 5.49. The van der Waals surface area contributed by atoms with E-state index < -0.39 is 0 Å². The van der Waals surface area contributed by atoms with Gasteiger partial charge in [0.2, 0.25) is 5.91 Å². The molecule has 1 saturated heterocycles. The molecule has 1 fully saturated rings. The monoisotopic (exact) mass is 269 g/mol. The highest BCUT2D eigenvalue weighted by molar-refractivity contribution is 5.76. The SMILES string of the molecule is CCCCN(CC)C(CN)CC(=O)N1CCCCC1. The lowest BCUT2D eigenvalue weighted by atomic mass is 10.1. The van der Waals surface area contributed by atoms with Crippen molar-refractivity contribution in [1.29, 1.82) is 0 Å². The first-order valence-electron chi connectivity index (χ1n) is 7.94. The third-order valence-electron chi connectivity index (χ3n) is 4.11. The summed E-state index contributed by atoms with van der Waals surface area (Å²) in [7, 11) is 0. The third-order valence-corrected chi connectivity index (χ3v) is 4.11. The molecule has 0 bridgehead atoms. The van der Waals surface area contributed by atoms with Crippen molar-refractivity contribution < 1.29 is 4.79 Å². The number of carbonyl (C=O) groups excluding carboxylic acids is 1. The maximum atomic E-state index is 12.3. The zero-order valence-corrected chi connectivity index (χ0v) is 12.7. The Kier molecular flexibility index (Phi) is 8.07. The minimum Gasteiger partial charge on any atom is -0.343 e. The summed E-state index contributed by atoms with van der Waals surface area (Å²) in [5.74, 6) is 0.296. The van der Waals surface area contributed by atoms with Crippen molar-refractivity contribution in [2.45, 2.75) is 58.4 Å². The molecule has 1 aliphatic rings. The number of nitrogens with zero attached hydrogens (tertiary/aromatic N) is 2. The first-order valence-corrected chi connectivity index (χ1v) is 7.94. The van der Waals surface area contributed by atoms with Crippen LogP contribution in [0.2, 0.25) is 0 Å². The maximum absolute atomic E-state index is 12.3. The number of hydrogen-bond acceptors (Lipinski definition) is 3. The van der Waals surface area contributed by atoms with Crippen LogP contribution in [0.3, 0.4) is 0 Å². The first-order chi connectivity index (χ1) is 9.22. The Morgan fingerprint density at radius 2 is 1.95 bits per heavy atom. The molecule has 19 heavy (non-hydrogen) atoms. The van der Waals surface area contributed by atoms with Gasteiger partial charge < -0.3 is 10.6 Å². The summed E-state index contributed by atoms with van der Waals surface area (Å²) in [6, 6.07) is 0.214. The summed E-state index contributed by atoms with van der Waals surface area (Å²) in [5, 5.41) is 0. The Morgan fingerprint density at radius 3 is 2.47 bits per heavy atom. The second-order valence-electron chi connectivity index (χ2n) is 5.52. The van der Waals surface area contributed by atoms with Gasteiger partial charge in [-0.15, -0.1) is 0 Å². The van der Waals surface area contributed by atoms with Gasteiger partial charge in [0.1, 0.15) is 0 Å². The molecular formula is C15H31N3O. The molecule has 1 amide bonds. The number of likely N-dealkylation sites (tertiary alicyclic amines) is 1. The van der Waals surface area contributed by atoms with E-state index in [4.69, 9.17) is 5.73 Å². The highest BCUT2D eigenvalue weighted by Gasteiger charge is 2.23. The molecule has 4 nitrogen and oxygen atoms in total. The standard InChI is InChI=1S/C15H31N3O/c1-3-5-9-17(4-2)14(13-16)12-15(19)18-10-7-6-8-11-18/h14H,3-13,16H2,1-2H3. The van der Waals surface area contributed by atoms with Crippen LogP contribution < -0.4 is 5.73 Å². The molecule has 4 heteroatoms. The molecule has 0 aromatic rings. The van der Waals surface area contributed by atoms with Gasteiger partial charge in [-0.05, 0) is 38.8 Å². The van der Waals surface area contributed by atoms with Crippen LogP contribution in [-0.4, -0.2) is 54.5 Å². The Bertz CT molecular complexity index is 252. The second-order valence-corrected chi connectivity index (χ2v) is 5.52. The van der Waals surface area contributed by atoms with Crippen LogP contribution in [0, 0.1) is 0 Å². The van der Waals surface area contributed by atoms with E-state index in [-0.39, 0.29) is 6.04 Å². The van der Waals surface area contributed by atoms with Crippen molar-refractivity contribution in [1.82, 2.24) is 9.80 Å². The van der Waals surface area contributed by atoms with Gasteiger partial charge in [0.15, 0.2) is 0 Å². The predicted molar refractivity (Wildman–Crippen MR) is 80.0 cm³/mol. The van der Waals surface area contributed by atoms with Crippen LogP contribution in [0.15, 0.2) is 0 Å². The van der Waals surface area contributed by atoms with Crippen LogP contribution in [0.5, 0.6) is 0 Å². The number of unbranched alkanes of at least 4 members (excludes halogenated alkanes) is 1. The highest BCUT2D eigenvalue weighted by Crippen LogP contribution is 2.13. The van der Waals surface area contributed by atoms with E-state index in [9.17, 15) is 4.79 Å². The largest absolute Gasteiger partial charge is 0.343 e. The normalized spacial score (nSPS) is 17.8. The molecule has 1 heterocycles. The quantitative estimate of drug-likeness (QED) is 0.731. The number of rotatable bonds is 8. The number of piperidine rings is 1. The van der Waals surface area contributed by atoms with Crippen LogP contribution >= 0.6 is 0 Å². The van der Waals surface area contributed by atoms with E-state index in [1.807, 2.05) is 4.90 Å². The zero-order valence-electron chi connectivity index (χ0n) is 12.7. The molecule has 0 aromatic carbocycles. The first kappa shape index (κ1) is 16.4. The van der Waals surface area contributed by atoms with Gasteiger partial charge >= 0.3 is 0 Å². The lowest BCUT2D eigenvalue weighted by molar-refractivity contribution is -0.133. The summed E-state index contributed by atoms with van der Waals surface area (Å²) >= 11 is 0. The lowest BCUT2D eigenvalue weighted by Crippen LogP contribution is -2.46. The Labute approximate surface area is 118 Å². The van der Waals surface area contributed by atoms with E-state index in [2.05, 4.69) is 18.7 Å². The molecular weight excluding hydrogens is 238 g/mol. The Morgan fingerprint density at radius 1 is 1.26 bits per heavy atom. The van der Waals surface area contributed by atoms with Crippen LogP contribution in [-0.2, 0) is 4.79 Å². The second kappa shape index (κ2) is 9.32. The minimum atomic E-state index is 0.214. The molecule has 0 saturated carbocycles. The van der Waals surface area contributed by atoms with E-state index in [1.165, 1.54) is 19.3 Å². The Hall–Kier alpha value is -0.610. The van der Waals surface area contributed by atoms with Gasteiger partial charge in [-0.2, -0.15) is 0 Å². The Balaban J connectivity index is 2.46. The van der Waals surface area contributed by atoms with Crippen molar-refractivity contribution in [2.75, 3.05) is 32.7 Å². The highest BCUT2D eigenvalue weighted by atomic mass is 16.2. The van der Waals surface area contributed by atoms with Crippen molar-refractivity contribution >= 4 is 5.91 Å². The number of hydrogen-bond donors (Lipinski definition) is 1. The average Bonchev–Trinajstić information content (AvgIpc) is 2.47. The van der Waals surface area contributed by atoms with E-state index in [0.717, 1.165) is 39.0 Å². The molecule has 0 spiro atoms. The molecule has 1 aliphatic heterocycles. The number of likely N-dealkylation sites (N-methyl/N-ethyl adjacent to an activating group) is 1. The summed E-state index contributed by atoms with van der Waals surface area (Å²) in [6.45, 7) is 8.86. The summed E-state index contributed by atoms with van der Waals surface area (Å²) < 4.78 is 0. The predicted octanol–water partition coefficient (Wildman–Crippen LogP) is 1.84. The fraction of sp³-hybridized carbons (Fsp3) is 0.933. The van der Waals surface area contributed by atoms with Crippen molar-refractivity contribution in [2.24, 2.45) is 5.73 Å². The molecule has 0 aliphatic carbocycles. The molecule has 0 aromatic heterocycles. The average molecular weight is 269 g/mol. The summed E-state index contributed by atoms with van der Waals surface area (Å²) in [5.41, 5.74) is 5.89. The zero-order chi connectivity index (χ0) is 14.1. The molecule has 1 unspecified atom stereocenters. The van der Waals surface area contributed by atoms with E-state index in [0.29, 0.717) is 18.9 Å². The molecule has 0 radical (unpaired) electrons. The number of amides is 1. The number of carbonyl (C=O) groups is 1. The van der Waals surface area contributed by atoms with Crippen molar-refractivity contribution in [3.63, 3.8) is 0 Å². The van der Waals surface area contributed by atoms with Crippen molar-refractivity contribution in [3.05, 3.63) is 0 Å². The topological polar surface area (TPSA) is 49.6 Å². The smallest absolute Gasteiger partial charge is 0.224 e. The summed E-state index contributed by atoms with van der Waals surface area (Å²) in [6.07, 6.45) is 6.55. The van der Waals surface area contributed by atoms with Crippen LogP contribution in [0.25, 0.3) is 0 Å². The summed E-state index contributed by atoms with van der Waals surface area (Å²) in [4.78, 5) is 16.7. The number of nitrogens with two attached hydrogens (primary N) is 1. The fourth-order valence-electron chi connectivity index (χ4n) is 2.80.